The summed E-state index contributed by atoms with van der Waals surface area (Å²) in [5, 5.41) is 0. The van der Waals surface area contributed by atoms with Crippen molar-refractivity contribution in [1.29, 1.82) is 0 Å². The zero-order valence-corrected chi connectivity index (χ0v) is 20.1. The molecule has 0 aromatic heterocycles. The first-order valence-electron chi connectivity index (χ1n) is 11.8. The Balaban J connectivity index is 1.45. The summed E-state index contributed by atoms with van der Waals surface area (Å²) in [6, 6.07) is 41.8. The number of hydrogen-bond donors (Lipinski definition) is 2. The van der Waals surface area contributed by atoms with Crippen molar-refractivity contribution in [3.8, 4) is 23.0 Å². The molecule has 4 nitrogen and oxygen atoms in total. The van der Waals surface area contributed by atoms with Crippen molar-refractivity contribution in [2.24, 2.45) is 0 Å². The smallest absolute Gasteiger partial charge is 0.127 e. The van der Waals surface area contributed by atoms with Gasteiger partial charge in [-0.1, -0.05) is 54.6 Å². The Hall–Kier alpha value is -4.70. The van der Waals surface area contributed by atoms with Crippen LogP contribution in [0, 0.1) is 0 Å². The molecule has 178 valence electrons. The minimum Gasteiger partial charge on any atom is -0.457 e. The Bertz CT molecular complexity index is 1320. The lowest BCUT2D eigenvalue weighted by Gasteiger charge is -2.32. The van der Waals surface area contributed by atoms with E-state index in [2.05, 4.69) is 55.5 Å². The quantitative estimate of drug-likeness (QED) is 0.187. The molecule has 5 aromatic carbocycles. The molecule has 0 atom stereocenters. The second-order valence-electron chi connectivity index (χ2n) is 8.88. The van der Waals surface area contributed by atoms with Crippen LogP contribution in [-0.4, -0.2) is 0 Å². The number of ether oxygens (including phenoxy) is 2. The highest BCUT2D eigenvalue weighted by Gasteiger charge is 2.31. The van der Waals surface area contributed by atoms with Gasteiger partial charge in [0.2, 0.25) is 0 Å². The van der Waals surface area contributed by atoms with E-state index in [1.54, 1.807) is 0 Å². The van der Waals surface area contributed by atoms with Gasteiger partial charge in [0, 0.05) is 16.8 Å². The second kappa shape index (κ2) is 9.88. The standard InChI is InChI=1S/C32H28N2O2/c1-32(23-5-3-2-4-6-23,24-7-15-28(16-8-24)35-30-19-11-26(33)12-20-30)25-9-17-29(18-10-25)36-31-21-13-27(34)14-22-31/h2-22H,33-34H2,1H3. The topological polar surface area (TPSA) is 70.5 Å². The fraction of sp³-hybridized carbons (Fsp3) is 0.0625. The first kappa shape index (κ1) is 23.1. The number of rotatable bonds is 7. The first-order valence-corrected chi connectivity index (χ1v) is 11.8. The van der Waals surface area contributed by atoms with E-state index in [9.17, 15) is 0 Å². The maximum Gasteiger partial charge on any atom is 0.127 e. The molecule has 36 heavy (non-hydrogen) atoms. The van der Waals surface area contributed by atoms with Gasteiger partial charge in [0.1, 0.15) is 23.0 Å². The summed E-state index contributed by atoms with van der Waals surface area (Å²) >= 11 is 0. The van der Waals surface area contributed by atoms with E-state index in [0.29, 0.717) is 11.4 Å². The van der Waals surface area contributed by atoms with Gasteiger partial charge in [-0.05, 0) is 96.4 Å². The highest BCUT2D eigenvalue weighted by atomic mass is 16.5. The fourth-order valence-corrected chi connectivity index (χ4v) is 4.33. The van der Waals surface area contributed by atoms with Crippen molar-refractivity contribution in [2.75, 3.05) is 11.5 Å². The Kier molecular flexibility index (Phi) is 6.33. The van der Waals surface area contributed by atoms with Crippen molar-refractivity contribution >= 4 is 11.4 Å². The molecule has 4 N–H and O–H groups in total. The number of nitrogen functional groups attached to an aromatic ring is 2. The average Bonchev–Trinajstić information content (AvgIpc) is 2.92. The lowest BCUT2D eigenvalue weighted by Crippen LogP contribution is -2.25. The van der Waals surface area contributed by atoms with E-state index < -0.39 is 0 Å². The van der Waals surface area contributed by atoms with Crippen molar-refractivity contribution in [1.82, 2.24) is 0 Å². The van der Waals surface area contributed by atoms with Crippen molar-refractivity contribution in [3.63, 3.8) is 0 Å². The molecule has 0 bridgehead atoms. The van der Waals surface area contributed by atoms with E-state index in [0.717, 1.165) is 34.1 Å². The minimum atomic E-state index is -0.374. The summed E-state index contributed by atoms with van der Waals surface area (Å²) in [5.41, 5.74) is 16.1. The van der Waals surface area contributed by atoms with Crippen molar-refractivity contribution in [3.05, 3.63) is 144 Å². The Morgan fingerprint density at radius 1 is 0.417 bits per heavy atom. The molecule has 0 saturated carbocycles. The molecule has 0 unspecified atom stereocenters. The van der Waals surface area contributed by atoms with Gasteiger partial charge in [0.25, 0.3) is 0 Å². The van der Waals surface area contributed by atoms with Crippen molar-refractivity contribution in [2.45, 2.75) is 12.3 Å². The molecule has 0 aliphatic carbocycles. The third-order valence-electron chi connectivity index (χ3n) is 6.45. The van der Waals surface area contributed by atoms with Gasteiger partial charge < -0.3 is 20.9 Å². The lowest BCUT2D eigenvalue weighted by atomic mass is 9.71. The number of benzene rings is 5. The highest BCUT2D eigenvalue weighted by Crippen LogP contribution is 2.40. The SMILES string of the molecule is CC(c1ccccc1)(c1ccc(Oc2ccc(N)cc2)cc1)c1ccc(Oc2ccc(N)cc2)cc1. The van der Waals surface area contributed by atoms with Crippen LogP contribution in [0.1, 0.15) is 23.6 Å². The van der Waals surface area contributed by atoms with E-state index in [4.69, 9.17) is 20.9 Å². The average molecular weight is 473 g/mol. The van der Waals surface area contributed by atoms with Crippen LogP contribution in [-0.2, 0) is 5.41 Å². The lowest BCUT2D eigenvalue weighted by molar-refractivity contribution is 0.481. The number of hydrogen-bond acceptors (Lipinski definition) is 4. The summed E-state index contributed by atoms with van der Waals surface area (Å²) < 4.78 is 12.0. The summed E-state index contributed by atoms with van der Waals surface area (Å²) in [5.74, 6) is 3.04. The molecule has 0 aliphatic heterocycles. The number of nitrogens with two attached hydrogens (primary N) is 2. The normalized spacial score (nSPS) is 11.1. The van der Waals surface area contributed by atoms with Crippen LogP contribution in [0.2, 0.25) is 0 Å². The molecule has 5 aromatic rings. The van der Waals surface area contributed by atoms with Crippen LogP contribution in [0.15, 0.2) is 127 Å². The first-order chi connectivity index (χ1) is 17.5. The van der Waals surface area contributed by atoms with Crippen molar-refractivity contribution < 1.29 is 9.47 Å². The van der Waals surface area contributed by atoms with Gasteiger partial charge in [-0.3, -0.25) is 0 Å². The molecule has 4 heteroatoms. The molecule has 0 saturated heterocycles. The number of anilines is 2. The van der Waals surface area contributed by atoms with E-state index in [-0.39, 0.29) is 5.41 Å². The predicted octanol–water partition coefficient (Wildman–Crippen LogP) is 7.79. The predicted molar refractivity (Wildman–Crippen MR) is 147 cm³/mol. The maximum absolute atomic E-state index is 6.01. The monoisotopic (exact) mass is 472 g/mol. The van der Waals surface area contributed by atoms with Gasteiger partial charge in [-0.25, -0.2) is 0 Å². The molecule has 0 heterocycles. The summed E-state index contributed by atoms with van der Waals surface area (Å²) in [7, 11) is 0. The van der Waals surface area contributed by atoms with Crippen LogP contribution in [0.4, 0.5) is 11.4 Å². The van der Waals surface area contributed by atoms with Gasteiger partial charge in [-0.15, -0.1) is 0 Å². The molecule has 5 rings (SSSR count). The molecule has 0 aliphatic rings. The van der Waals surface area contributed by atoms with Gasteiger partial charge in [-0.2, -0.15) is 0 Å². The minimum absolute atomic E-state index is 0.374. The summed E-state index contributed by atoms with van der Waals surface area (Å²) in [6.45, 7) is 2.24. The van der Waals surface area contributed by atoms with Gasteiger partial charge >= 0.3 is 0 Å². The maximum atomic E-state index is 6.01. The van der Waals surface area contributed by atoms with Crippen LogP contribution >= 0.6 is 0 Å². The van der Waals surface area contributed by atoms with Crippen LogP contribution in [0.5, 0.6) is 23.0 Å². The van der Waals surface area contributed by atoms with E-state index in [1.165, 1.54) is 5.56 Å². The third kappa shape index (κ3) is 4.89. The van der Waals surface area contributed by atoms with Gasteiger partial charge in [0.05, 0.1) is 0 Å². The molecule has 0 spiro atoms. The summed E-state index contributed by atoms with van der Waals surface area (Å²) in [6.07, 6.45) is 0. The zero-order valence-electron chi connectivity index (χ0n) is 20.1. The molecule has 0 radical (unpaired) electrons. The molecular formula is C32H28N2O2. The van der Waals surface area contributed by atoms with Crippen LogP contribution in [0.3, 0.4) is 0 Å². The summed E-state index contributed by atoms with van der Waals surface area (Å²) in [4.78, 5) is 0. The largest absolute Gasteiger partial charge is 0.457 e. The molecular weight excluding hydrogens is 444 g/mol. The Morgan fingerprint density at radius 2 is 0.722 bits per heavy atom. The van der Waals surface area contributed by atoms with E-state index in [1.807, 2.05) is 78.9 Å². The van der Waals surface area contributed by atoms with Gasteiger partial charge in [0.15, 0.2) is 0 Å². The molecule has 0 fully saturated rings. The second-order valence-corrected chi connectivity index (χ2v) is 8.88. The van der Waals surface area contributed by atoms with E-state index >= 15 is 0 Å². The molecule has 0 amide bonds. The third-order valence-corrected chi connectivity index (χ3v) is 6.45. The van der Waals surface area contributed by atoms with Crippen LogP contribution < -0.4 is 20.9 Å². The Morgan fingerprint density at radius 3 is 1.08 bits per heavy atom. The van der Waals surface area contributed by atoms with Crippen LogP contribution in [0.25, 0.3) is 0 Å². The fourth-order valence-electron chi connectivity index (χ4n) is 4.33. The highest BCUT2D eigenvalue weighted by molar-refractivity contribution is 5.52. The Labute approximate surface area is 211 Å². The zero-order chi connectivity index (χ0) is 25.0.